The third-order valence-corrected chi connectivity index (χ3v) is 15.7. The minimum absolute atomic E-state index is 0.0105. The van der Waals surface area contributed by atoms with Gasteiger partial charge in [-0.1, -0.05) is 186 Å². The van der Waals surface area contributed by atoms with Crippen molar-refractivity contribution in [3.05, 3.63) is 233 Å². The topological polar surface area (TPSA) is 19.6 Å². The van der Waals surface area contributed by atoms with Crippen molar-refractivity contribution in [1.82, 2.24) is 0 Å². The molecule has 0 atom stereocenters. The van der Waals surface area contributed by atoms with Crippen molar-refractivity contribution in [3.8, 4) is 22.3 Å². The van der Waals surface area contributed by atoms with E-state index in [2.05, 4.69) is 238 Å². The van der Waals surface area contributed by atoms with Crippen molar-refractivity contribution in [2.24, 2.45) is 0 Å². The number of para-hydroxylation sites is 3. The zero-order valence-electron chi connectivity index (χ0n) is 37.9. The summed E-state index contributed by atoms with van der Waals surface area (Å²) in [7, 11) is 0. The van der Waals surface area contributed by atoms with Gasteiger partial charge in [-0.05, 0) is 109 Å². The molecule has 0 spiro atoms. The fourth-order valence-corrected chi connectivity index (χ4v) is 12.7. The van der Waals surface area contributed by atoms with Crippen LogP contribution in [0.2, 0.25) is 0 Å². The maximum absolute atomic E-state index is 7.18. The van der Waals surface area contributed by atoms with Gasteiger partial charge >= 0.3 is 6.85 Å². The molecule has 0 N–H and O–H groups in total. The third-order valence-electron chi connectivity index (χ3n) is 15.7. The minimum Gasteiger partial charge on any atom is -0.455 e. The molecule has 4 heteroatoms. The summed E-state index contributed by atoms with van der Waals surface area (Å²) < 4.78 is 7.18. The molecule has 3 aliphatic heterocycles. The molecule has 14 rings (SSSR count). The maximum Gasteiger partial charge on any atom is 0.333 e. The Morgan fingerprint density at radius 3 is 1.89 bits per heavy atom. The SMILES string of the molecule is CC(C)(C)c1ccc(N2B3c4cccc5c4N(c4ccccc4C5(c4ccccc4)c4ccccc4)c4cc5c(oc6ccccc65)c(c43)-c3cc4c(cc32)-c2ccccc2C4(C)C)cc1. The number of hydrogen-bond donors (Lipinski definition) is 0. The van der Waals surface area contributed by atoms with Crippen LogP contribution in [0.1, 0.15) is 73.6 Å². The first kappa shape index (κ1) is 37.8. The second kappa shape index (κ2) is 13.0. The number of fused-ring (bicyclic) bond motifs is 13. The molecule has 1 aromatic heterocycles. The zero-order valence-corrected chi connectivity index (χ0v) is 37.9. The minimum atomic E-state index is -0.602. The van der Waals surface area contributed by atoms with Crippen molar-refractivity contribution in [2.75, 3.05) is 9.71 Å². The highest BCUT2D eigenvalue weighted by Crippen LogP contribution is 2.61. The molecule has 3 nitrogen and oxygen atoms in total. The van der Waals surface area contributed by atoms with E-state index in [1.165, 1.54) is 101 Å². The van der Waals surface area contributed by atoms with Gasteiger partial charge in [0, 0.05) is 50.1 Å². The number of furan rings is 1. The van der Waals surface area contributed by atoms with Gasteiger partial charge in [0.25, 0.3) is 0 Å². The van der Waals surface area contributed by atoms with Crippen LogP contribution in [0, 0.1) is 0 Å². The molecule has 0 unspecified atom stereocenters. The Morgan fingerprint density at radius 1 is 0.500 bits per heavy atom. The molecule has 0 radical (unpaired) electrons. The summed E-state index contributed by atoms with van der Waals surface area (Å²) in [6, 6.07) is 73.3. The van der Waals surface area contributed by atoms with Gasteiger partial charge in [0.15, 0.2) is 0 Å². The normalized spacial score (nSPS) is 15.5. The Morgan fingerprint density at radius 2 is 1.15 bits per heavy atom. The molecule has 9 aromatic carbocycles. The Kier molecular flexibility index (Phi) is 7.47. The van der Waals surface area contributed by atoms with Gasteiger partial charge in [0.05, 0.1) is 11.1 Å². The highest BCUT2D eigenvalue weighted by atomic mass is 16.3. The van der Waals surface area contributed by atoms with Crippen LogP contribution in [0.15, 0.2) is 199 Å². The van der Waals surface area contributed by atoms with Crippen LogP contribution < -0.4 is 20.6 Å². The lowest BCUT2D eigenvalue weighted by molar-refractivity contribution is 0.590. The predicted octanol–water partition coefficient (Wildman–Crippen LogP) is 14.6. The summed E-state index contributed by atoms with van der Waals surface area (Å²) in [5, 5.41) is 2.27. The number of anilines is 5. The quantitative estimate of drug-likeness (QED) is 0.165. The van der Waals surface area contributed by atoms with E-state index in [4.69, 9.17) is 4.42 Å². The van der Waals surface area contributed by atoms with E-state index in [1.807, 2.05) is 0 Å². The van der Waals surface area contributed by atoms with Gasteiger partial charge < -0.3 is 14.1 Å². The van der Waals surface area contributed by atoms with E-state index in [9.17, 15) is 0 Å². The molecule has 0 fully saturated rings. The molecular formula is C62H47BN2O. The Hall–Kier alpha value is -7.56. The third kappa shape index (κ3) is 4.73. The van der Waals surface area contributed by atoms with Gasteiger partial charge in [0.1, 0.15) is 11.2 Å². The van der Waals surface area contributed by atoms with Crippen LogP contribution in [0.5, 0.6) is 0 Å². The van der Waals surface area contributed by atoms with E-state index in [1.54, 1.807) is 0 Å². The molecule has 10 aromatic rings. The largest absolute Gasteiger partial charge is 0.455 e. The Balaban J connectivity index is 1.17. The standard InChI is InChI=1S/C62H47BN2O/c1-60(2,3)38-31-33-41(34-32-38)65-53-36-44-42-23-12-14-25-47(42)61(4,5)50(44)35-46(53)56-57-54(37-45-43-24-13-17-30-55(43)66-59(45)56)64-52-29-16-15-26-48(52)62(39-19-8-6-9-20-39,40-21-10-7-11-22-40)49-27-18-28-51(58(49)64)63(57)65/h6-37H,1-5H3. The van der Waals surface area contributed by atoms with Crippen LogP contribution in [0.4, 0.5) is 28.4 Å². The summed E-state index contributed by atoms with van der Waals surface area (Å²) in [6.07, 6.45) is 0. The maximum atomic E-state index is 7.18. The molecule has 0 bridgehead atoms. The summed E-state index contributed by atoms with van der Waals surface area (Å²) in [5.41, 5.74) is 23.7. The van der Waals surface area contributed by atoms with Crippen molar-refractivity contribution in [1.29, 1.82) is 0 Å². The molecule has 0 saturated carbocycles. The van der Waals surface area contributed by atoms with Gasteiger partial charge in [-0.25, -0.2) is 0 Å². The number of nitrogens with zero attached hydrogens (tertiary/aromatic N) is 2. The molecule has 4 aliphatic rings. The first-order valence-corrected chi connectivity index (χ1v) is 23.5. The highest BCUT2D eigenvalue weighted by Gasteiger charge is 2.54. The fourth-order valence-electron chi connectivity index (χ4n) is 12.7. The number of benzene rings is 9. The van der Waals surface area contributed by atoms with Crippen molar-refractivity contribution < 1.29 is 4.42 Å². The number of hydrogen-bond acceptors (Lipinski definition) is 3. The van der Waals surface area contributed by atoms with Crippen molar-refractivity contribution in [2.45, 2.75) is 50.9 Å². The fraction of sp³-hybridized carbons (Fsp3) is 0.129. The molecule has 314 valence electrons. The van der Waals surface area contributed by atoms with Gasteiger partial charge in [0.2, 0.25) is 0 Å². The first-order chi connectivity index (χ1) is 32.2. The average Bonchev–Trinajstić information content (AvgIpc) is 3.83. The smallest absolute Gasteiger partial charge is 0.333 e. The summed E-state index contributed by atoms with van der Waals surface area (Å²) in [4.78, 5) is 5.30. The Bertz CT molecular complexity index is 3630. The van der Waals surface area contributed by atoms with E-state index >= 15 is 0 Å². The van der Waals surface area contributed by atoms with Gasteiger partial charge in [-0.15, -0.1) is 0 Å². The highest BCUT2D eigenvalue weighted by molar-refractivity contribution is 6.94. The van der Waals surface area contributed by atoms with Crippen LogP contribution in [0.25, 0.3) is 44.2 Å². The second-order valence-electron chi connectivity index (χ2n) is 20.4. The predicted molar refractivity (Wildman–Crippen MR) is 276 cm³/mol. The van der Waals surface area contributed by atoms with Crippen LogP contribution in [-0.4, -0.2) is 6.85 Å². The van der Waals surface area contributed by atoms with Crippen molar-refractivity contribution >= 4 is 68.1 Å². The van der Waals surface area contributed by atoms with E-state index in [-0.39, 0.29) is 17.7 Å². The second-order valence-corrected chi connectivity index (χ2v) is 20.4. The molecule has 1 aliphatic carbocycles. The lowest BCUT2D eigenvalue weighted by Gasteiger charge is -2.52. The monoisotopic (exact) mass is 846 g/mol. The van der Waals surface area contributed by atoms with Gasteiger partial charge in [-0.2, -0.15) is 0 Å². The lowest BCUT2D eigenvalue weighted by Crippen LogP contribution is -2.62. The van der Waals surface area contributed by atoms with Crippen LogP contribution in [0.3, 0.4) is 0 Å². The molecular weight excluding hydrogens is 800 g/mol. The van der Waals surface area contributed by atoms with E-state index in [0.29, 0.717) is 0 Å². The summed E-state index contributed by atoms with van der Waals surface area (Å²) in [6.45, 7) is 11.5. The lowest BCUT2D eigenvalue weighted by atomic mass is 9.42. The molecule has 0 amide bonds. The first-order valence-electron chi connectivity index (χ1n) is 23.5. The Labute approximate surface area is 386 Å². The van der Waals surface area contributed by atoms with Gasteiger partial charge in [-0.3, -0.25) is 0 Å². The number of rotatable bonds is 3. The van der Waals surface area contributed by atoms with E-state index < -0.39 is 5.41 Å². The summed E-state index contributed by atoms with van der Waals surface area (Å²) >= 11 is 0. The zero-order chi connectivity index (χ0) is 44.3. The molecule has 0 saturated heterocycles. The average molecular weight is 847 g/mol. The van der Waals surface area contributed by atoms with Crippen molar-refractivity contribution in [3.63, 3.8) is 0 Å². The van der Waals surface area contributed by atoms with E-state index in [0.717, 1.165) is 21.9 Å². The van der Waals surface area contributed by atoms with Crippen LogP contribution >= 0.6 is 0 Å². The van der Waals surface area contributed by atoms with Crippen LogP contribution in [-0.2, 0) is 16.2 Å². The molecule has 66 heavy (non-hydrogen) atoms. The summed E-state index contributed by atoms with van der Waals surface area (Å²) in [5.74, 6) is 0. The molecule has 4 heterocycles.